The van der Waals surface area contributed by atoms with E-state index < -0.39 is 0 Å². The monoisotopic (exact) mass is 438 g/mol. The largest absolute Gasteiger partial charge is 0.308 e. The van der Waals surface area contributed by atoms with Gasteiger partial charge in [-0.05, 0) is 56.3 Å². The van der Waals surface area contributed by atoms with Crippen molar-refractivity contribution >= 4 is 17.3 Å². The van der Waals surface area contributed by atoms with Gasteiger partial charge < -0.3 is 4.90 Å². The Kier molecular flexibility index (Phi) is 6.87. The van der Waals surface area contributed by atoms with E-state index in [4.69, 9.17) is 16.6 Å². The van der Waals surface area contributed by atoms with Crippen molar-refractivity contribution in [3.63, 3.8) is 0 Å². The summed E-state index contributed by atoms with van der Waals surface area (Å²) in [6, 6.07) is 15.6. The van der Waals surface area contributed by atoms with Crippen LogP contribution in [0, 0.1) is 6.92 Å². The molecule has 31 heavy (non-hydrogen) atoms. The van der Waals surface area contributed by atoms with Crippen LogP contribution in [0.2, 0.25) is 5.02 Å². The highest BCUT2D eigenvalue weighted by Gasteiger charge is 2.20. The van der Waals surface area contributed by atoms with Crippen LogP contribution in [-0.4, -0.2) is 47.6 Å². The van der Waals surface area contributed by atoms with Gasteiger partial charge in [0.2, 0.25) is 0 Å². The minimum absolute atomic E-state index is 0.0616. The first-order valence-electron chi connectivity index (χ1n) is 10.5. The number of benzene rings is 2. The van der Waals surface area contributed by atoms with Crippen LogP contribution in [0.3, 0.4) is 0 Å². The van der Waals surface area contributed by atoms with Crippen molar-refractivity contribution in [3.8, 4) is 5.69 Å². The Labute approximate surface area is 189 Å². The number of likely N-dealkylation sites (N-methyl/N-ethyl adjacent to an activating group) is 1. The van der Waals surface area contributed by atoms with Crippen LogP contribution in [0.15, 0.2) is 58.3 Å². The molecule has 1 heterocycles. The van der Waals surface area contributed by atoms with Crippen molar-refractivity contribution < 1.29 is 0 Å². The smallest absolute Gasteiger partial charge is 0.280 e. The summed E-state index contributed by atoms with van der Waals surface area (Å²) in [6.45, 7) is 9.89. The molecule has 0 bridgehead atoms. The molecule has 3 rings (SSSR count). The predicted octanol–water partition coefficient (Wildman–Crippen LogP) is 4.82. The van der Waals surface area contributed by atoms with Crippen molar-refractivity contribution in [1.82, 2.24) is 14.7 Å². The standard InChI is InChI=1S/C25H31ClN4O/c1-17-22(24(31)30(28-17)21-13-11-20(26)12-14-21)23(27-15-16-29(5)6)18-7-9-19(10-8-18)25(2,3)4/h7-14,28H,15-16H2,1-6H3. The summed E-state index contributed by atoms with van der Waals surface area (Å²) in [7, 11) is 4.03. The Morgan fingerprint density at radius 2 is 1.68 bits per heavy atom. The SMILES string of the molecule is Cc1[nH]n(-c2ccc(Cl)cc2)c(=O)c1C(=NCCN(C)C)c1ccc(C(C)(C)C)cc1. The van der Waals surface area contributed by atoms with Crippen molar-refractivity contribution in [2.75, 3.05) is 27.2 Å². The molecule has 0 saturated carbocycles. The molecule has 0 atom stereocenters. The predicted molar refractivity (Wildman–Crippen MR) is 130 cm³/mol. The molecule has 3 aromatic rings. The van der Waals surface area contributed by atoms with Crippen molar-refractivity contribution in [3.05, 3.63) is 86.3 Å². The van der Waals surface area contributed by atoms with Gasteiger partial charge in [0.05, 0.1) is 23.5 Å². The number of H-pyrrole nitrogens is 1. The lowest BCUT2D eigenvalue weighted by molar-refractivity contribution is 0.420. The summed E-state index contributed by atoms with van der Waals surface area (Å²) in [5.74, 6) is 0. The second kappa shape index (κ2) is 9.25. The highest BCUT2D eigenvalue weighted by molar-refractivity contribution is 6.30. The average Bonchev–Trinajstić information content (AvgIpc) is 2.99. The lowest BCUT2D eigenvalue weighted by Crippen LogP contribution is -2.23. The summed E-state index contributed by atoms with van der Waals surface area (Å²) in [5, 5.41) is 3.83. The van der Waals surface area contributed by atoms with E-state index >= 15 is 0 Å². The fraction of sp³-hybridized carbons (Fsp3) is 0.360. The van der Waals surface area contributed by atoms with Gasteiger partial charge in [0.25, 0.3) is 5.56 Å². The highest BCUT2D eigenvalue weighted by Crippen LogP contribution is 2.23. The first kappa shape index (κ1) is 23.0. The molecular weight excluding hydrogens is 408 g/mol. The zero-order chi connectivity index (χ0) is 22.8. The molecule has 6 heteroatoms. The molecular formula is C25H31ClN4O. The first-order valence-corrected chi connectivity index (χ1v) is 10.8. The van der Waals surface area contributed by atoms with Gasteiger partial charge in [-0.1, -0.05) is 56.6 Å². The third-order valence-electron chi connectivity index (χ3n) is 5.23. The van der Waals surface area contributed by atoms with E-state index in [-0.39, 0.29) is 11.0 Å². The zero-order valence-electron chi connectivity index (χ0n) is 19.2. The third-order valence-corrected chi connectivity index (χ3v) is 5.49. The van der Waals surface area contributed by atoms with Crippen molar-refractivity contribution in [2.45, 2.75) is 33.1 Å². The maximum Gasteiger partial charge on any atom is 0.280 e. The number of aliphatic imine (C=N–C) groups is 1. The van der Waals surface area contributed by atoms with Crippen LogP contribution in [0.4, 0.5) is 0 Å². The number of hydrogen-bond acceptors (Lipinski definition) is 3. The third kappa shape index (κ3) is 5.35. The van der Waals surface area contributed by atoms with Gasteiger partial charge >= 0.3 is 0 Å². The summed E-state index contributed by atoms with van der Waals surface area (Å²) < 4.78 is 1.55. The average molecular weight is 439 g/mol. The van der Waals surface area contributed by atoms with E-state index in [1.54, 1.807) is 16.8 Å². The Balaban J connectivity index is 2.10. The van der Waals surface area contributed by atoms with E-state index in [9.17, 15) is 4.79 Å². The molecule has 0 amide bonds. The van der Waals surface area contributed by atoms with E-state index in [1.165, 1.54) is 5.56 Å². The van der Waals surface area contributed by atoms with Gasteiger partial charge in [0, 0.05) is 22.8 Å². The Morgan fingerprint density at radius 3 is 2.23 bits per heavy atom. The first-order chi connectivity index (χ1) is 14.6. The van der Waals surface area contributed by atoms with Gasteiger partial charge in [-0.25, -0.2) is 4.68 Å². The van der Waals surface area contributed by atoms with Crippen LogP contribution in [-0.2, 0) is 5.41 Å². The fourth-order valence-electron chi connectivity index (χ4n) is 3.40. The molecule has 0 fully saturated rings. The molecule has 5 nitrogen and oxygen atoms in total. The topological polar surface area (TPSA) is 53.4 Å². The number of rotatable bonds is 6. The summed E-state index contributed by atoms with van der Waals surface area (Å²) in [5.41, 5.74) is 4.95. The van der Waals surface area contributed by atoms with E-state index in [2.05, 4.69) is 55.0 Å². The van der Waals surface area contributed by atoms with E-state index in [1.807, 2.05) is 33.2 Å². The number of aromatic amines is 1. The fourth-order valence-corrected chi connectivity index (χ4v) is 3.53. The molecule has 0 saturated heterocycles. The molecule has 0 spiro atoms. The van der Waals surface area contributed by atoms with E-state index in [0.29, 0.717) is 22.8 Å². The number of nitrogens with one attached hydrogen (secondary N) is 1. The summed E-state index contributed by atoms with van der Waals surface area (Å²) in [6.07, 6.45) is 0. The molecule has 0 aliphatic rings. The lowest BCUT2D eigenvalue weighted by Gasteiger charge is -2.19. The van der Waals surface area contributed by atoms with Crippen molar-refractivity contribution in [2.24, 2.45) is 4.99 Å². The van der Waals surface area contributed by atoms with Gasteiger partial charge in [-0.3, -0.25) is 14.9 Å². The lowest BCUT2D eigenvalue weighted by atomic mass is 9.86. The quantitative estimate of drug-likeness (QED) is 0.560. The molecule has 0 aliphatic heterocycles. The summed E-state index contributed by atoms with van der Waals surface area (Å²) in [4.78, 5) is 20.4. The van der Waals surface area contributed by atoms with Gasteiger partial charge in [-0.2, -0.15) is 0 Å². The minimum atomic E-state index is -0.122. The molecule has 0 unspecified atom stereocenters. The molecule has 0 aliphatic carbocycles. The summed E-state index contributed by atoms with van der Waals surface area (Å²) >= 11 is 6.01. The molecule has 2 aromatic carbocycles. The van der Waals surface area contributed by atoms with Gasteiger partial charge in [0.15, 0.2) is 0 Å². The molecule has 1 aromatic heterocycles. The number of aryl methyl sites for hydroxylation is 1. The van der Waals surface area contributed by atoms with Gasteiger partial charge in [-0.15, -0.1) is 0 Å². The zero-order valence-corrected chi connectivity index (χ0v) is 19.9. The number of hydrogen-bond donors (Lipinski definition) is 1. The van der Waals surface area contributed by atoms with Crippen LogP contribution >= 0.6 is 11.6 Å². The molecule has 0 radical (unpaired) electrons. The van der Waals surface area contributed by atoms with Gasteiger partial charge in [0.1, 0.15) is 0 Å². The second-order valence-corrected chi connectivity index (χ2v) is 9.53. The molecule has 1 N–H and O–H groups in total. The van der Waals surface area contributed by atoms with Crippen LogP contribution in [0.5, 0.6) is 0 Å². The Bertz CT molecular complexity index is 1110. The van der Waals surface area contributed by atoms with E-state index in [0.717, 1.165) is 23.5 Å². The van der Waals surface area contributed by atoms with Crippen LogP contribution < -0.4 is 5.56 Å². The second-order valence-electron chi connectivity index (χ2n) is 9.09. The normalized spacial score (nSPS) is 12.6. The number of aromatic nitrogens is 2. The Morgan fingerprint density at radius 1 is 1.06 bits per heavy atom. The van der Waals surface area contributed by atoms with Crippen LogP contribution in [0.25, 0.3) is 5.69 Å². The maximum atomic E-state index is 13.4. The number of nitrogens with zero attached hydrogens (tertiary/aromatic N) is 3. The number of halogens is 1. The molecule has 164 valence electrons. The van der Waals surface area contributed by atoms with Crippen LogP contribution in [0.1, 0.15) is 43.2 Å². The minimum Gasteiger partial charge on any atom is -0.308 e. The van der Waals surface area contributed by atoms with Crippen molar-refractivity contribution in [1.29, 1.82) is 0 Å². The maximum absolute atomic E-state index is 13.4. The highest BCUT2D eigenvalue weighted by atomic mass is 35.5. The Hall–Kier alpha value is -2.63.